The number of aromatic nitrogens is 4. The highest BCUT2D eigenvalue weighted by molar-refractivity contribution is 7.89. The zero-order valence-corrected chi connectivity index (χ0v) is 23.8. The van der Waals surface area contributed by atoms with Gasteiger partial charge in [-0.2, -0.15) is 0 Å². The lowest BCUT2D eigenvalue weighted by Crippen LogP contribution is -2.41. The Balaban J connectivity index is 1.51. The van der Waals surface area contributed by atoms with Crippen LogP contribution < -0.4 is 10.0 Å². The Bertz CT molecular complexity index is 1750. The summed E-state index contributed by atoms with van der Waals surface area (Å²) in [4.78, 5) is 17.4. The lowest BCUT2D eigenvalue weighted by molar-refractivity contribution is 0.353. The fraction of sp³-hybridized carbons (Fsp3) is 0.214. The predicted molar refractivity (Wildman–Crippen MR) is 152 cm³/mol. The molecule has 0 saturated heterocycles. The monoisotopic (exact) mass is 598 g/mol. The van der Waals surface area contributed by atoms with Gasteiger partial charge in [-0.05, 0) is 48.9 Å². The summed E-state index contributed by atoms with van der Waals surface area (Å²) in [6.45, 7) is 5.83. The molecule has 4 aromatic rings. The largest absolute Gasteiger partial charge is 0.324 e. The summed E-state index contributed by atoms with van der Waals surface area (Å²) in [6.07, 6.45) is 5.51. The highest BCUT2D eigenvalue weighted by atomic mass is 32.2. The molecule has 3 heterocycles. The first-order valence-corrected chi connectivity index (χ1v) is 14.9. The first-order valence-electron chi connectivity index (χ1n) is 12.6. The van der Waals surface area contributed by atoms with Gasteiger partial charge in [-0.1, -0.05) is 32.1 Å². The van der Waals surface area contributed by atoms with Crippen LogP contribution in [0.5, 0.6) is 0 Å². The van der Waals surface area contributed by atoms with Gasteiger partial charge >= 0.3 is 0 Å². The molecule has 0 amide bonds. The Morgan fingerprint density at radius 1 is 1.02 bits per heavy atom. The number of thiazole rings is 1. The van der Waals surface area contributed by atoms with Crippen molar-refractivity contribution in [1.29, 1.82) is 0 Å². The Hall–Kier alpha value is -3.94. The second-order valence-corrected chi connectivity index (χ2v) is 12.3. The predicted octanol–water partition coefficient (Wildman–Crippen LogP) is 6.09. The number of hydrogen-bond acceptors (Lipinski definition) is 8. The average molecular weight is 599 g/mol. The van der Waals surface area contributed by atoms with Crippen molar-refractivity contribution in [3.63, 3.8) is 0 Å². The molecule has 1 aliphatic carbocycles. The van der Waals surface area contributed by atoms with Crippen molar-refractivity contribution in [3.05, 3.63) is 95.0 Å². The van der Waals surface area contributed by atoms with Crippen molar-refractivity contribution in [3.8, 4) is 10.6 Å². The van der Waals surface area contributed by atoms with Crippen molar-refractivity contribution in [2.45, 2.75) is 43.8 Å². The van der Waals surface area contributed by atoms with Gasteiger partial charge in [0.25, 0.3) is 0 Å². The Morgan fingerprint density at radius 2 is 1.76 bits per heavy atom. The van der Waals surface area contributed by atoms with Crippen LogP contribution >= 0.6 is 11.3 Å². The van der Waals surface area contributed by atoms with E-state index in [1.165, 1.54) is 29.6 Å². The number of aryl methyl sites for hydroxylation is 1. The molecule has 2 atom stereocenters. The smallest absolute Gasteiger partial charge is 0.247 e. The van der Waals surface area contributed by atoms with E-state index >= 15 is 0 Å². The first-order chi connectivity index (χ1) is 19.5. The van der Waals surface area contributed by atoms with Crippen molar-refractivity contribution < 1.29 is 21.6 Å². The Labute approximate surface area is 239 Å². The molecule has 2 N–H and O–H groups in total. The molecule has 3 aromatic heterocycles. The highest BCUT2D eigenvalue weighted by Crippen LogP contribution is 2.38. The van der Waals surface area contributed by atoms with Gasteiger partial charge in [0.15, 0.2) is 4.90 Å². The summed E-state index contributed by atoms with van der Waals surface area (Å²) in [5.74, 6) is -2.15. The topological polar surface area (TPSA) is 110 Å². The third-order valence-electron chi connectivity index (χ3n) is 6.09. The molecule has 0 bridgehead atoms. The van der Waals surface area contributed by atoms with E-state index in [0.717, 1.165) is 34.6 Å². The molecule has 0 radical (unpaired) electrons. The van der Waals surface area contributed by atoms with Crippen molar-refractivity contribution >= 4 is 38.6 Å². The van der Waals surface area contributed by atoms with Crippen LogP contribution in [-0.4, -0.2) is 40.6 Å². The second kappa shape index (κ2) is 11.5. The fourth-order valence-electron chi connectivity index (χ4n) is 4.14. The summed E-state index contributed by atoms with van der Waals surface area (Å²) in [6, 6.07) is 6.61. The number of nitrogens with one attached hydrogen (secondary N) is 2. The van der Waals surface area contributed by atoms with E-state index in [4.69, 9.17) is 4.98 Å². The molecule has 0 fully saturated rings. The van der Waals surface area contributed by atoms with Crippen molar-refractivity contribution in [1.82, 2.24) is 24.7 Å². The number of sulfonamides is 1. The molecule has 212 valence electrons. The van der Waals surface area contributed by atoms with Gasteiger partial charge in [-0.3, -0.25) is 4.98 Å². The van der Waals surface area contributed by atoms with Gasteiger partial charge in [0.2, 0.25) is 16.0 Å². The maximum atomic E-state index is 14.9. The van der Waals surface area contributed by atoms with E-state index in [2.05, 4.69) is 25.0 Å². The van der Waals surface area contributed by atoms with E-state index in [1.807, 2.05) is 26.8 Å². The zero-order valence-electron chi connectivity index (χ0n) is 22.1. The molecule has 2 unspecified atom stereocenters. The van der Waals surface area contributed by atoms with Crippen LogP contribution in [0.3, 0.4) is 0 Å². The quantitative estimate of drug-likeness (QED) is 0.253. The molecule has 0 saturated carbocycles. The third-order valence-corrected chi connectivity index (χ3v) is 8.98. The molecular weight excluding hydrogens is 573 g/mol. The Kier molecular flexibility index (Phi) is 8.02. The number of benzene rings is 1. The summed E-state index contributed by atoms with van der Waals surface area (Å²) < 4.78 is 71.2. The number of halogens is 3. The minimum Gasteiger partial charge on any atom is -0.324 e. The maximum absolute atomic E-state index is 14.9. The molecule has 1 aromatic carbocycles. The summed E-state index contributed by atoms with van der Waals surface area (Å²) in [5.41, 5.74) is 3.03. The summed E-state index contributed by atoms with van der Waals surface area (Å²) >= 11 is 1.40. The molecule has 0 spiro atoms. The third kappa shape index (κ3) is 6.21. The van der Waals surface area contributed by atoms with Crippen LogP contribution in [-0.2, 0) is 10.0 Å². The zero-order chi connectivity index (χ0) is 29.3. The number of rotatable bonds is 8. The van der Waals surface area contributed by atoms with Crippen LogP contribution in [0.4, 0.5) is 24.8 Å². The SMILES string of the molecule is Cc1cc(Nc2nccc(-c3sc(C(C)C)nc3C3=CC(NS(=O)(=O)c4c(F)cccc4F)C(F)C=C3)n2)ccn1. The van der Waals surface area contributed by atoms with E-state index in [-0.39, 0.29) is 5.92 Å². The molecule has 5 rings (SSSR count). The minimum absolute atomic E-state index is 0.0622. The van der Waals surface area contributed by atoms with Gasteiger partial charge in [-0.25, -0.2) is 41.3 Å². The number of nitrogens with zero attached hydrogens (tertiary/aromatic N) is 4. The molecule has 0 aliphatic heterocycles. The number of pyridine rings is 1. The fourth-order valence-corrected chi connectivity index (χ4v) is 6.53. The van der Waals surface area contributed by atoms with E-state index in [0.29, 0.717) is 27.8 Å². The normalized spacial score (nSPS) is 17.1. The number of anilines is 2. The van der Waals surface area contributed by atoms with Gasteiger partial charge < -0.3 is 5.32 Å². The second-order valence-electron chi connectivity index (χ2n) is 9.58. The van der Waals surface area contributed by atoms with Crippen LogP contribution in [0.15, 0.2) is 71.9 Å². The van der Waals surface area contributed by atoms with Gasteiger partial charge in [0, 0.05) is 29.7 Å². The van der Waals surface area contributed by atoms with Crippen molar-refractivity contribution in [2.75, 3.05) is 5.32 Å². The van der Waals surface area contributed by atoms with Gasteiger partial charge in [0.05, 0.1) is 27.3 Å². The van der Waals surface area contributed by atoms with E-state index in [1.54, 1.807) is 24.5 Å². The first kappa shape index (κ1) is 28.6. The minimum atomic E-state index is -4.74. The lowest BCUT2D eigenvalue weighted by atomic mass is 9.98. The van der Waals surface area contributed by atoms with Crippen LogP contribution in [0.2, 0.25) is 0 Å². The van der Waals surface area contributed by atoms with Gasteiger partial charge in [0.1, 0.15) is 17.8 Å². The maximum Gasteiger partial charge on any atom is 0.247 e. The molecule has 41 heavy (non-hydrogen) atoms. The summed E-state index contributed by atoms with van der Waals surface area (Å²) in [7, 11) is -4.74. The number of hydrogen-bond donors (Lipinski definition) is 2. The van der Waals surface area contributed by atoms with Crippen LogP contribution in [0.25, 0.3) is 16.1 Å². The molecule has 8 nitrogen and oxygen atoms in total. The van der Waals surface area contributed by atoms with E-state index in [9.17, 15) is 21.6 Å². The highest BCUT2D eigenvalue weighted by Gasteiger charge is 2.32. The lowest BCUT2D eigenvalue weighted by Gasteiger charge is -2.22. The van der Waals surface area contributed by atoms with Gasteiger partial charge in [-0.15, -0.1) is 11.3 Å². The van der Waals surface area contributed by atoms with Crippen molar-refractivity contribution in [2.24, 2.45) is 0 Å². The van der Waals surface area contributed by atoms with Crippen LogP contribution in [0.1, 0.15) is 36.2 Å². The summed E-state index contributed by atoms with van der Waals surface area (Å²) in [5, 5.41) is 3.94. The standard InChI is InChI=1S/C28H25F3N6O2S2/c1-15(2)27-36-24(25(40-27)22-10-12-33-28(35-22)34-18-9-11-32-16(3)13-18)17-7-8-19(29)23(14-17)37-41(38,39)26-20(30)5-4-6-21(26)31/h4-15,19,23,37H,1-3H3,(H,32,33,34,35). The number of alkyl halides is 1. The molecular formula is C28H25F3N6O2S2. The molecule has 1 aliphatic rings. The van der Waals surface area contributed by atoms with E-state index < -0.39 is 38.8 Å². The Morgan fingerprint density at radius 3 is 2.46 bits per heavy atom. The molecule has 13 heteroatoms. The number of allylic oxidation sites excluding steroid dienone is 2. The van der Waals surface area contributed by atoms with Crippen LogP contribution in [0, 0.1) is 18.6 Å². The average Bonchev–Trinajstić information content (AvgIpc) is 3.36.